The van der Waals surface area contributed by atoms with Gasteiger partial charge in [-0.3, -0.25) is 4.79 Å². The van der Waals surface area contributed by atoms with Crippen molar-refractivity contribution in [3.8, 4) is 0 Å². The van der Waals surface area contributed by atoms with E-state index in [0.29, 0.717) is 0 Å². The number of primary amides is 1. The number of carbonyl (C=O) groups is 2. The lowest BCUT2D eigenvalue weighted by Gasteiger charge is -2.16. The summed E-state index contributed by atoms with van der Waals surface area (Å²) >= 11 is 5.01. The van der Waals surface area contributed by atoms with Gasteiger partial charge in [-0.05, 0) is 30.8 Å². The van der Waals surface area contributed by atoms with Crippen molar-refractivity contribution in [1.29, 1.82) is 0 Å². The lowest BCUT2D eigenvalue weighted by atomic mass is 10.1. The summed E-state index contributed by atoms with van der Waals surface area (Å²) in [7, 11) is 0. The average Bonchev–Trinajstić information content (AvgIpc) is 2.35. The predicted octanol–water partition coefficient (Wildman–Crippen LogP) is 0.692. The van der Waals surface area contributed by atoms with Crippen LogP contribution in [0.2, 0.25) is 0 Å². The first-order valence-corrected chi connectivity index (χ1v) is 6.03. The lowest BCUT2D eigenvalue weighted by Crippen LogP contribution is -2.43. The molecule has 0 aliphatic heterocycles. The maximum absolute atomic E-state index is 11.0. The highest BCUT2D eigenvalue weighted by atomic mass is 32.1. The minimum atomic E-state index is -1.08. The van der Waals surface area contributed by atoms with Crippen LogP contribution in [0.5, 0.6) is 0 Å². The molecule has 5 N–H and O–H groups in total. The van der Waals surface area contributed by atoms with Crippen molar-refractivity contribution in [3.05, 3.63) is 30.3 Å². The van der Waals surface area contributed by atoms with Crippen LogP contribution in [0.3, 0.4) is 0 Å². The lowest BCUT2D eigenvalue weighted by molar-refractivity contribution is -0.139. The molecule has 1 amide bonds. The molecule has 0 unspecified atom stereocenters. The van der Waals surface area contributed by atoms with Crippen LogP contribution >= 0.6 is 12.2 Å². The Labute approximate surface area is 116 Å². The number of rotatable bonds is 6. The number of hydrogen-bond donors (Lipinski definition) is 4. The van der Waals surface area contributed by atoms with Gasteiger partial charge in [0, 0.05) is 12.1 Å². The molecule has 0 fully saturated rings. The third kappa shape index (κ3) is 5.82. The number of benzene rings is 1. The number of carbonyl (C=O) groups excluding carboxylic acids is 1. The first-order valence-electron chi connectivity index (χ1n) is 5.62. The highest BCUT2D eigenvalue weighted by Crippen LogP contribution is 2.05. The molecule has 0 aromatic heterocycles. The van der Waals surface area contributed by atoms with E-state index >= 15 is 0 Å². The van der Waals surface area contributed by atoms with Crippen LogP contribution in [0.4, 0.5) is 5.69 Å². The number of carboxylic acid groups (broad SMARTS) is 1. The smallest absolute Gasteiger partial charge is 0.326 e. The number of nitrogens with one attached hydrogen (secondary N) is 2. The third-order valence-electron chi connectivity index (χ3n) is 2.31. The zero-order valence-corrected chi connectivity index (χ0v) is 10.9. The van der Waals surface area contributed by atoms with Crippen molar-refractivity contribution in [2.45, 2.75) is 18.9 Å². The van der Waals surface area contributed by atoms with E-state index in [9.17, 15) is 9.59 Å². The molecule has 102 valence electrons. The summed E-state index contributed by atoms with van der Waals surface area (Å²) in [5.41, 5.74) is 5.74. The number of amides is 1. The number of para-hydroxylation sites is 1. The fraction of sp³-hybridized carbons (Fsp3) is 0.250. The second-order valence-electron chi connectivity index (χ2n) is 3.86. The van der Waals surface area contributed by atoms with Crippen LogP contribution in [-0.4, -0.2) is 28.1 Å². The monoisotopic (exact) mass is 281 g/mol. The maximum atomic E-state index is 11.0. The van der Waals surface area contributed by atoms with Crippen LogP contribution in [0.15, 0.2) is 30.3 Å². The SMILES string of the molecule is NC(=O)CC[C@@H](NC(=S)Nc1ccccc1)C(=O)O. The second kappa shape index (κ2) is 7.32. The summed E-state index contributed by atoms with van der Waals surface area (Å²) in [4.78, 5) is 21.7. The quantitative estimate of drug-likeness (QED) is 0.572. The Bertz CT molecular complexity index is 465. The molecule has 0 saturated heterocycles. The Morgan fingerprint density at radius 3 is 2.47 bits per heavy atom. The Kier molecular flexibility index (Phi) is 5.74. The van der Waals surface area contributed by atoms with Crippen LogP contribution in [0.25, 0.3) is 0 Å². The van der Waals surface area contributed by atoms with Gasteiger partial charge in [0.25, 0.3) is 0 Å². The minimum absolute atomic E-state index is 0.0160. The van der Waals surface area contributed by atoms with Gasteiger partial charge in [0.15, 0.2) is 5.11 Å². The van der Waals surface area contributed by atoms with E-state index < -0.39 is 17.9 Å². The van der Waals surface area contributed by atoms with Gasteiger partial charge >= 0.3 is 5.97 Å². The number of hydrogen-bond acceptors (Lipinski definition) is 3. The van der Waals surface area contributed by atoms with Gasteiger partial charge in [0.05, 0.1) is 0 Å². The molecular weight excluding hydrogens is 266 g/mol. The van der Waals surface area contributed by atoms with Crippen molar-refractivity contribution in [3.63, 3.8) is 0 Å². The second-order valence-corrected chi connectivity index (χ2v) is 4.27. The van der Waals surface area contributed by atoms with E-state index in [1.165, 1.54) is 0 Å². The molecule has 19 heavy (non-hydrogen) atoms. The molecule has 1 aromatic rings. The first kappa shape index (κ1) is 14.9. The van der Waals surface area contributed by atoms with E-state index in [4.69, 9.17) is 23.1 Å². The van der Waals surface area contributed by atoms with Crippen molar-refractivity contribution >= 4 is 34.9 Å². The molecule has 1 rings (SSSR count). The maximum Gasteiger partial charge on any atom is 0.326 e. The zero-order chi connectivity index (χ0) is 14.3. The Morgan fingerprint density at radius 1 is 1.32 bits per heavy atom. The van der Waals surface area contributed by atoms with Crippen molar-refractivity contribution < 1.29 is 14.7 Å². The van der Waals surface area contributed by atoms with Crippen LogP contribution < -0.4 is 16.4 Å². The molecule has 0 saturated carbocycles. The van der Waals surface area contributed by atoms with E-state index in [-0.39, 0.29) is 18.0 Å². The summed E-state index contributed by atoms with van der Waals surface area (Å²) < 4.78 is 0. The van der Waals surface area contributed by atoms with E-state index in [2.05, 4.69) is 10.6 Å². The molecule has 0 bridgehead atoms. The Balaban J connectivity index is 2.52. The van der Waals surface area contributed by atoms with Crippen LogP contribution in [0.1, 0.15) is 12.8 Å². The molecule has 0 heterocycles. The van der Waals surface area contributed by atoms with Crippen molar-refractivity contribution in [2.24, 2.45) is 5.73 Å². The standard InChI is InChI=1S/C12H15N3O3S/c13-10(16)7-6-9(11(17)18)15-12(19)14-8-4-2-1-3-5-8/h1-5,9H,6-7H2,(H2,13,16)(H,17,18)(H2,14,15,19)/t9-/m1/s1. The molecule has 6 nitrogen and oxygen atoms in total. The van der Waals surface area contributed by atoms with E-state index in [0.717, 1.165) is 5.69 Å². The summed E-state index contributed by atoms with van der Waals surface area (Å²) in [6, 6.07) is 8.16. The molecule has 0 aliphatic carbocycles. The van der Waals surface area contributed by atoms with E-state index in [1.54, 1.807) is 12.1 Å². The summed E-state index contributed by atoms with van der Waals surface area (Å²) in [5.74, 6) is -1.63. The number of anilines is 1. The van der Waals surface area contributed by atoms with E-state index in [1.807, 2.05) is 18.2 Å². The molecule has 0 aliphatic rings. The largest absolute Gasteiger partial charge is 0.480 e. The Morgan fingerprint density at radius 2 is 1.95 bits per heavy atom. The molecule has 7 heteroatoms. The highest BCUT2D eigenvalue weighted by molar-refractivity contribution is 7.80. The fourth-order valence-electron chi connectivity index (χ4n) is 1.39. The van der Waals surface area contributed by atoms with Crippen molar-refractivity contribution in [1.82, 2.24) is 5.32 Å². The topological polar surface area (TPSA) is 104 Å². The van der Waals surface area contributed by atoms with Crippen LogP contribution in [0, 0.1) is 0 Å². The van der Waals surface area contributed by atoms with Gasteiger partial charge in [-0.2, -0.15) is 0 Å². The highest BCUT2D eigenvalue weighted by Gasteiger charge is 2.18. The van der Waals surface area contributed by atoms with Gasteiger partial charge in [0.2, 0.25) is 5.91 Å². The number of nitrogens with two attached hydrogens (primary N) is 1. The molecule has 1 aromatic carbocycles. The average molecular weight is 281 g/mol. The van der Waals surface area contributed by atoms with Crippen LogP contribution in [-0.2, 0) is 9.59 Å². The number of aliphatic carboxylic acids is 1. The fourth-order valence-corrected chi connectivity index (χ4v) is 1.65. The molecular formula is C12H15N3O3S. The molecule has 0 spiro atoms. The first-order chi connectivity index (χ1) is 8.99. The zero-order valence-electron chi connectivity index (χ0n) is 10.1. The normalized spacial score (nSPS) is 11.4. The summed E-state index contributed by atoms with van der Waals surface area (Å²) in [6.45, 7) is 0. The minimum Gasteiger partial charge on any atom is -0.480 e. The predicted molar refractivity (Wildman–Crippen MR) is 75.7 cm³/mol. The van der Waals surface area contributed by atoms with Gasteiger partial charge in [0.1, 0.15) is 6.04 Å². The summed E-state index contributed by atoms with van der Waals surface area (Å²) in [5, 5.41) is 14.7. The third-order valence-corrected chi connectivity index (χ3v) is 2.53. The molecule has 1 atom stereocenters. The van der Waals surface area contributed by atoms with Gasteiger partial charge in [-0.15, -0.1) is 0 Å². The molecule has 0 radical (unpaired) electrons. The number of thiocarbonyl (C=S) groups is 1. The summed E-state index contributed by atoms with van der Waals surface area (Å²) in [6.07, 6.45) is 0.0686. The van der Waals surface area contributed by atoms with Gasteiger partial charge < -0.3 is 21.5 Å². The Hall–Kier alpha value is -2.15. The van der Waals surface area contributed by atoms with Gasteiger partial charge in [-0.1, -0.05) is 18.2 Å². The number of carboxylic acids is 1. The van der Waals surface area contributed by atoms with Gasteiger partial charge in [-0.25, -0.2) is 4.79 Å². The van der Waals surface area contributed by atoms with Crippen molar-refractivity contribution in [2.75, 3.05) is 5.32 Å².